The molecular weight excluding hydrogens is 308 g/mol. The molecule has 0 amide bonds. The smallest absolute Gasteiger partial charge is 0.403 e. The van der Waals surface area contributed by atoms with Gasteiger partial charge in [0.1, 0.15) is 0 Å². The van der Waals surface area contributed by atoms with Gasteiger partial charge >= 0.3 is 6.36 Å². The lowest BCUT2D eigenvalue weighted by Crippen LogP contribution is -2.18. The summed E-state index contributed by atoms with van der Waals surface area (Å²) in [5.41, 5.74) is 2.23. The first-order chi connectivity index (χ1) is 9.89. The van der Waals surface area contributed by atoms with Crippen LogP contribution in [0.2, 0.25) is 0 Å². The van der Waals surface area contributed by atoms with Gasteiger partial charge in [-0.1, -0.05) is 23.7 Å². The molecule has 2 rings (SSSR count). The molecule has 21 heavy (non-hydrogen) atoms. The average Bonchev–Trinajstić information content (AvgIpc) is 2.41. The average molecular weight is 323 g/mol. The summed E-state index contributed by atoms with van der Waals surface area (Å²) in [5, 5.41) is 0. The zero-order valence-electron chi connectivity index (χ0n) is 11.2. The summed E-state index contributed by atoms with van der Waals surface area (Å²) in [6.07, 6.45) is 0.676. The van der Waals surface area contributed by atoms with E-state index in [9.17, 15) is 17.6 Å². The van der Waals surface area contributed by atoms with Gasteiger partial charge in [0.25, 0.3) is 0 Å². The second-order valence-electron chi connectivity index (χ2n) is 5.17. The Bertz CT molecular complexity index is 505. The maximum atomic E-state index is 13.7. The molecular formula is C15H15ClF4O. The Morgan fingerprint density at radius 3 is 2.33 bits per heavy atom. The Morgan fingerprint density at radius 2 is 1.81 bits per heavy atom. The number of rotatable bonds is 3. The van der Waals surface area contributed by atoms with Crippen molar-refractivity contribution < 1.29 is 22.3 Å². The van der Waals surface area contributed by atoms with E-state index in [-0.39, 0.29) is 5.92 Å². The topological polar surface area (TPSA) is 9.23 Å². The van der Waals surface area contributed by atoms with E-state index in [4.69, 9.17) is 11.6 Å². The van der Waals surface area contributed by atoms with Gasteiger partial charge in [0.15, 0.2) is 11.6 Å². The first-order valence-corrected chi connectivity index (χ1v) is 7.15. The number of hydrogen-bond acceptors (Lipinski definition) is 1. The van der Waals surface area contributed by atoms with Crippen LogP contribution in [0.1, 0.15) is 37.2 Å². The van der Waals surface area contributed by atoms with Crippen LogP contribution in [0, 0.1) is 11.7 Å². The van der Waals surface area contributed by atoms with Gasteiger partial charge < -0.3 is 4.74 Å². The third-order valence-electron chi connectivity index (χ3n) is 3.77. The highest BCUT2D eigenvalue weighted by Gasteiger charge is 2.32. The van der Waals surface area contributed by atoms with Crippen LogP contribution in [0.5, 0.6) is 5.75 Å². The van der Waals surface area contributed by atoms with E-state index in [1.54, 1.807) is 0 Å². The lowest BCUT2D eigenvalue weighted by atomic mass is 9.79. The lowest BCUT2D eigenvalue weighted by Gasteiger charge is -2.27. The quantitative estimate of drug-likeness (QED) is 0.644. The van der Waals surface area contributed by atoms with Gasteiger partial charge in [0, 0.05) is 5.54 Å². The molecule has 1 aromatic rings. The molecule has 0 heterocycles. The standard InChI is InChI=1S/C15H15ClF4O/c16-8-7-10-1-3-11(4-2-10)12-5-6-14(13(17)9-12)21-15(18,19)20/h5-11H,1-4H2. The molecule has 0 aromatic heterocycles. The number of halogens is 5. The molecule has 6 heteroatoms. The molecule has 1 aromatic carbocycles. The summed E-state index contributed by atoms with van der Waals surface area (Å²) >= 11 is 5.54. The van der Waals surface area contributed by atoms with Crippen molar-refractivity contribution in [2.24, 2.45) is 5.92 Å². The molecule has 1 fully saturated rings. The van der Waals surface area contributed by atoms with Gasteiger partial charge in [0.05, 0.1) is 0 Å². The van der Waals surface area contributed by atoms with Gasteiger partial charge in [-0.2, -0.15) is 0 Å². The van der Waals surface area contributed by atoms with Gasteiger partial charge in [-0.15, -0.1) is 13.2 Å². The maximum Gasteiger partial charge on any atom is 0.573 e. The Hall–Kier alpha value is -1.23. The molecule has 116 valence electrons. The number of allylic oxidation sites excluding steroid dienone is 1. The second kappa shape index (κ2) is 6.69. The summed E-state index contributed by atoms with van der Waals surface area (Å²) in [7, 11) is 0. The van der Waals surface area contributed by atoms with Crippen molar-refractivity contribution in [3.8, 4) is 5.75 Å². The first kappa shape index (κ1) is 16.1. The molecule has 1 nitrogen and oxygen atoms in total. The summed E-state index contributed by atoms with van der Waals surface area (Å²) < 4.78 is 53.6. The molecule has 1 aliphatic rings. The van der Waals surface area contributed by atoms with Crippen LogP contribution in [0.15, 0.2) is 29.8 Å². The monoisotopic (exact) mass is 322 g/mol. The van der Waals surface area contributed by atoms with E-state index in [1.165, 1.54) is 11.6 Å². The number of benzene rings is 1. The van der Waals surface area contributed by atoms with Crippen molar-refractivity contribution >= 4 is 11.6 Å². The van der Waals surface area contributed by atoms with Crippen molar-refractivity contribution in [1.29, 1.82) is 0 Å². The lowest BCUT2D eigenvalue weighted by molar-refractivity contribution is -0.275. The highest BCUT2D eigenvalue weighted by Crippen LogP contribution is 2.38. The minimum absolute atomic E-state index is 0.166. The van der Waals surface area contributed by atoms with Crippen LogP contribution < -0.4 is 4.74 Å². The van der Waals surface area contributed by atoms with Crippen LogP contribution >= 0.6 is 11.6 Å². The van der Waals surface area contributed by atoms with Crippen LogP contribution in [0.3, 0.4) is 0 Å². The molecule has 0 bridgehead atoms. The highest BCUT2D eigenvalue weighted by atomic mass is 35.5. The predicted octanol–water partition coefficient (Wildman–Crippen LogP) is 5.75. The Morgan fingerprint density at radius 1 is 1.14 bits per heavy atom. The van der Waals surface area contributed by atoms with E-state index < -0.39 is 17.9 Å². The molecule has 1 aliphatic carbocycles. The Balaban J connectivity index is 2.04. The van der Waals surface area contributed by atoms with Gasteiger partial charge in [-0.3, -0.25) is 0 Å². The van der Waals surface area contributed by atoms with Gasteiger partial charge in [0.2, 0.25) is 0 Å². The SMILES string of the molecule is Fc1cc(C2CCC(C=CCl)CC2)ccc1OC(F)(F)F. The van der Waals surface area contributed by atoms with E-state index in [2.05, 4.69) is 4.74 Å². The normalized spacial score (nSPS) is 23.5. The number of ether oxygens (including phenoxy) is 1. The highest BCUT2D eigenvalue weighted by molar-refractivity contribution is 6.25. The summed E-state index contributed by atoms with van der Waals surface area (Å²) in [5.74, 6) is -1.17. The fraction of sp³-hybridized carbons (Fsp3) is 0.467. The minimum Gasteiger partial charge on any atom is -0.403 e. The van der Waals surface area contributed by atoms with Gasteiger partial charge in [-0.25, -0.2) is 4.39 Å². The van der Waals surface area contributed by atoms with Crippen molar-refractivity contribution in [2.75, 3.05) is 0 Å². The summed E-state index contributed by atoms with van der Waals surface area (Å²) in [6.45, 7) is 0. The molecule has 0 radical (unpaired) electrons. The van der Waals surface area contributed by atoms with E-state index in [1.807, 2.05) is 6.08 Å². The third-order valence-corrected chi connectivity index (χ3v) is 3.92. The Labute approximate surface area is 125 Å². The largest absolute Gasteiger partial charge is 0.573 e. The number of hydrogen-bond donors (Lipinski definition) is 0. The molecule has 0 atom stereocenters. The molecule has 1 saturated carbocycles. The third kappa shape index (κ3) is 4.63. The first-order valence-electron chi connectivity index (χ1n) is 6.71. The zero-order chi connectivity index (χ0) is 15.5. The second-order valence-corrected chi connectivity index (χ2v) is 5.42. The van der Waals surface area contributed by atoms with Crippen LogP contribution in [-0.2, 0) is 0 Å². The van der Waals surface area contributed by atoms with Gasteiger partial charge in [-0.05, 0) is 55.2 Å². The zero-order valence-corrected chi connectivity index (χ0v) is 11.9. The van der Waals surface area contributed by atoms with E-state index in [0.29, 0.717) is 5.92 Å². The maximum absolute atomic E-state index is 13.7. The minimum atomic E-state index is -4.88. The van der Waals surface area contributed by atoms with Crippen molar-refractivity contribution in [3.63, 3.8) is 0 Å². The molecule has 0 N–H and O–H groups in total. The van der Waals surface area contributed by atoms with Crippen molar-refractivity contribution in [3.05, 3.63) is 41.2 Å². The van der Waals surface area contributed by atoms with Crippen LogP contribution in [0.4, 0.5) is 17.6 Å². The fourth-order valence-electron chi connectivity index (χ4n) is 2.73. The molecule has 0 spiro atoms. The Kier molecular flexibility index (Phi) is 5.14. The molecule has 0 saturated heterocycles. The summed E-state index contributed by atoms with van der Waals surface area (Å²) in [6, 6.07) is 3.69. The summed E-state index contributed by atoms with van der Waals surface area (Å²) in [4.78, 5) is 0. The fourth-order valence-corrected chi connectivity index (χ4v) is 2.93. The number of alkyl halides is 3. The van der Waals surface area contributed by atoms with E-state index in [0.717, 1.165) is 43.4 Å². The van der Waals surface area contributed by atoms with Crippen LogP contribution in [-0.4, -0.2) is 6.36 Å². The predicted molar refractivity (Wildman–Crippen MR) is 72.8 cm³/mol. The van der Waals surface area contributed by atoms with Crippen LogP contribution in [0.25, 0.3) is 0 Å². The van der Waals surface area contributed by atoms with Crippen molar-refractivity contribution in [2.45, 2.75) is 38.0 Å². The molecule has 0 aliphatic heterocycles. The van der Waals surface area contributed by atoms with E-state index >= 15 is 0 Å². The van der Waals surface area contributed by atoms with Crippen molar-refractivity contribution in [1.82, 2.24) is 0 Å². The molecule has 0 unspecified atom stereocenters.